The summed E-state index contributed by atoms with van der Waals surface area (Å²) < 4.78 is 67.3. The molecule has 0 aromatic heterocycles. The fourth-order valence-corrected chi connectivity index (χ4v) is 5.04. The molecule has 0 aliphatic heterocycles. The van der Waals surface area contributed by atoms with Gasteiger partial charge in [0, 0.05) is 6.54 Å². The summed E-state index contributed by atoms with van der Waals surface area (Å²) in [5.74, 6) is -2.34. The first-order valence-corrected chi connectivity index (χ1v) is 12.1. The molecule has 11 heteroatoms. The van der Waals surface area contributed by atoms with Crippen molar-refractivity contribution in [3.8, 4) is 5.75 Å². The molecule has 0 radical (unpaired) electrons. The molecule has 2 atom stereocenters. The molecule has 2 aromatic rings. The van der Waals surface area contributed by atoms with Crippen LogP contribution in [0.1, 0.15) is 30.0 Å². The zero-order chi connectivity index (χ0) is 24.3. The number of phenolic OH excluding ortho intramolecular Hbond substituents is 1. The Labute approximate surface area is 190 Å². The Morgan fingerprint density at radius 3 is 2.21 bits per heavy atom. The van der Waals surface area contributed by atoms with Gasteiger partial charge in [0.25, 0.3) is 0 Å². The third kappa shape index (κ3) is 6.92. The second-order valence-corrected chi connectivity index (χ2v) is 10.4. The topological polar surface area (TPSA) is 122 Å². The van der Waals surface area contributed by atoms with Crippen molar-refractivity contribution < 1.29 is 31.5 Å². The lowest BCUT2D eigenvalue weighted by Crippen LogP contribution is -2.55. The normalized spacial score (nSPS) is 17.2. The molecule has 2 aromatic carbocycles. The van der Waals surface area contributed by atoms with Gasteiger partial charge in [-0.3, -0.25) is 10.1 Å². The molecule has 0 saturated heterocycles. The number of benzene rings is 2. The summed E-state index contributed by atoms with van der Waals surface area (Å²) in [6, 6.07) is 8.48. The maximum absolute atomic E-state index is 13.9. The summed E-state index contributed by atoms with van der Waals surface area (Å²) in [7, 11) is -3.96. The van der Waals surface area contributed by atoms with Crippen molar-refractivity contribution in [3.05, 3.63) is 65.7 Å². The van der Waals surface area contributed by atoms with Gasteiger partial charge in [0.15, 0.2) is 9.84 Å². The highest BCUT2D eigenvalue weighted by molar-refractivity contribution is 7.90. The third-order valence-corrected chi connectivity index (χ3v) is 7.14. The molecule has 3 rings (SSSR count). The zero-order valence-electron chi connectivity index (χ0n) is 17.7. The van der Waals surface area contributed by atoms with Crippen molar-refractivity contribution in [2.24, 2.45) is 5.73 Å². The molecular formula is C22H26F3N3O4S. The molecule has 180 valence electrons. The van der Waals surface area contributed by atoms with Gasteiger partial charge in [0.1, 0.15) is 17.8 Å². The van der Waals surface area contributed by atoms with Crippen LogP contribution in [0, 0.1) is 0 Å². The number of nitrogens with one attached hydrogen (secondary N) is 2. The smallest absolute Gasteiger partial charge is 0.407 e. The lowest BCUT2D eigenvalue weighted by atomic mass is 10.0. The van der Waals surface area contributed by atoms with E-state index < -0.39 is 51.0 Å². The van der Waals surface area contributed by atoms with Crippen LogP contribution in [0.4, 0.5) is 13.2 Å². The molecule has 7 nitrogen and oxygen atoms in total. The number of rotatable bonds is 10. The molecule has 0 heterocycles. The van der Waals surface area contributed by atoms with E-state index in [2.05, 4.69) is 10.6 Å². The summed E-state index contributed by atoms with van der Waals surface area (Å²) in [4.78, 5) is 12.9. The van der Waals surface area contributed by atoms with E-state index in [-0.39, 0.29) is 17.9 Å². The molecule has 1 amide bonds. The molecule has 1 aliphatic rings. The van der Waals surface area contributed by atoms with Crippen molar-refractivity contribution in [1.82, 2.24) is 10.6 Å². The van der Waals surface area contributed by atoms with Crippen LogP contribution in [0.5, 0.6) is 5.75 Å². The van der Waals surface area contributed by atoms with Gasteiger partial charge in [-0.1, -0.05) is 42.5 Å². The molecule has 0 spiro atoms. The average molecular weight is 486 g/mol. The number of sulfone groups is 1. The minimum Gasteiger partial charge on any atom is -0.508 e. The van der Waals surface area contributed by atoms with E-state index in [0.29, 0.717) is 18.4 Å². The van der Waals surface area contributed by atoms with Gasteiger partial charge in [-0.15, -0.1) is 0 Å². The maximum Gasteiger partial charge on any atom is 0.407 e. The Kier molecular flexibility index (Phi) is 7.35. The van der Waals surface area contributed by atoms with Crippen molar-refractivity contribution in [1.29, 1.82) is 0 Å². The van der Waals surface area contributed by atoms with E-state index in [0.717, 1.165) is 24.3 Å². The average Bonchev–Trinajstić information content (AvgIpc) is 3.51. The highest BCUT2D eigenvalue weighted by atomic mass is 32.2. The molecule has 0 bridgehead atoms. The molecule has 33 heavy (non-hydrogen) atoms. The van der Waals surface area contributed by atoms with Gasteiger partial charge in [-0.05, 0) is 36.1 Å². The van der Waals surface area contributed by atoms with E-state index in [1.54, 1.807) is 30.3 Å². The number of alkyl halides is 3. The van der Waals surface area contributed by atoms with Gasteiger partial charge in [-0.2, -0.15) is 13.2 Å². The second-order valence-electron chi connectivity index (χ2n) is 8.30. The van der Waals surface area contributed by atoms with Crippen molar-refractivity contribution in [2.75, 3.05) is 12.3 Å². The Morgan fingerprint density at radius 2 is 1.70 bits per heavy atom. The number of amides is 1. The van der Waals surface area contributed by atoms with Gasteiger partial charge in [0.2, 0.25) is 5.91 Å². The fourth-order valence-electron chi connectivity index (χ4n) is 3.47. The Morgan fingerprint density at radius 1 is 1.09 bits per heavy atom. The largest absolute Gasteiger partial charge is 0.508 e. The zero-order valence-corrected chi connectivity index (χ0v) is 18.5. The Hall–Kier alpha value is -2.63. The van der Waals surface area contributed by atoms with Crippen LogP contribution in [0.25, 0.3) is 0 Å². The summed E-state index contributed by atoms with van der Waals surface area (Å²) in [5, 5.41) is 14.2. The third-order valence-electron chi connectivity index (χ3n) is 5.52. The Bertz CT molecular complexity index is 1060. The molecule has 1 saturated carbocycles. The van der Waals surface area contributed by atoms with Crippen LogP contribution < -0.4 is 16.4 Å². The molecule has 1 aliphatic carbocycles. The molecular weight excluding hydrogens is 459 g/mol. The molecule has 2 unspecified atom stereocenters. The lowest BCUT2D eigenvalue weighted by Gasteiger charge is -2.28. The number of phenols is 1. The minimum atomic E-state index is -4.83. The summed E-state index contributed by atoms with van der Waals surface area (Å²) >= 11 is 0. The van der Waals surface area contributed by atoms with Gasteiger partial charge < -0.3 is 16.2 Å². The van der Waals surface area contributed by atoms with Crippen LogP contribution in [0.3, 0.4) is 0 Å². The first-order chi connectivity index (χ1) is 15.4. The summed E-state index contributed by atoms with van der Waals surface area (Å²) in [6.45, 7) is 0.100. The van der Waals surface area contributed by atoms with Gasteiger partial charge in [0.05, 0.1) is 17.0 Å². The van der Waals surface area contributed by atoms with Gasteiger partial charge >= 0.3 is 6.18 Å². The Balaban J connectivity index is 1.88. The SMILES string of the molecule is NCC1(NC(=O)C(CS(=O)(=O)Cc2ccccc2)NC(c2ccc(O)cc2)C(F)(F)F)CC1. The van der Waals surface area contributed by atoms with E-state index >= 15 is 0 Å². The van der Waals surface area contributed by atoms with E-state index in [1.165, 1.54) is 0 Å². The van der Waals surface area contributed by atoms with E-state index in [9.17, 15) is 31.5 Å². The van der Waals surface area contributed by atoms with Gasteiger partial charge in [-0.25, -0.2) is 8.42 Å². The van der Waals surface area contributed by atoms with Crippen LogP contribution in [0.2, 0.25) is 0 Å². The molecule has 5 N–H and O–H groups in total. The van der Waals surface area contributed by atoms with E-state index in [4.69, 9.17) is 5.73 Å². The van der Waals surface area contributed by atoms with Crippen molar-refractivity contribution in [2.45, 2.75) is 42.4 Å². The standard InChI is InChI=1S/C22H26F3N3O4S/c23-22(24,25)19(16-6-8-17(29)9-7-16)27-18(20(30)28-21(14-26)10-11-21)13-33(31,32)12-15-4-2-1-3-5-15/h1-9,18-19,27,29H,10-14,26H2,(H,28,30). The van der Waals surface area contributed by atoms with Crippen molar-refractivity contribution in [3.63, 3.8) is 0 Å². The first kappa shape index (κ1) is 25.0. The predicted molar refractivity (Wildman–Crippen MR) is 117 cm³/mol. The van der Waals surface area contributed by atoms with Crippen LogP contribution in [-0.2, 0) is 20.4 Å². The number of nitrogens with two attached hydrogens (primary N) is 1. The number of carbonyl (C=O) groups excluding carboxylic acids is 1. The highest BCUT2D eigenvalue weighted by Crippen LogP contribution is 2.36. The number of aromatic hydroxyl groups is 1. The van der Waals surface area contributed by atoms with Crippen LogP contribution in [0.15, 0.2) is 54.6 Å². The maximum atomic E-state index is 13.9. The number of hydrogen-bond donors (Lipinski definition) is 4. The fraction of sp³-hybridized carbons (Fsp3) is 0.409. The monoisotopic (exact) mass is 485 g/mol. The van der Waals surface area contributed by atoms with Crippen LogP contribution in [-0.4, -0.2) is 49.5 Å². The first-order valence-electron chi connectivity index (χ1n) is 10.3. The number of carbonyl (C=O) groups is 1. The van der Waals surface area contributed by atoms with Crippen LogP contribution >= 0.6 is 0 Å². The number of hydrogen-bond acceptors (Lipinski definition) is 6. The summed E-state index contributed by atoms with van der Waals surface area (Å²) in [5.41, 5.74) is 5.15. The van der Waals surface area contributed by atoms with Crippen molar-refractivity contribution >= 4 is 15.7 Å². The minimum absolute atomic E-state index is 0.100. The highest BCUT2D eigenvalue weighted by Gasteiger charge is 2.47. The number of halogens is 3. The van der Waals surface area contributed by atoms with E-state index in [1.807, 2.05) is 0 Å². The molecule has 1 fully saturated rings. The summed E-state index contributed by atoms with van der Waals surface area (Å²) in [6.07, 6.45) is -3.69. The second kappa shape index (κ2) is 9.70. The predicted octanol–water partition coefficient (Wildman–Crippen LogP) is 2.18. The lowest BCUT2D eigenvalue weighted by molar-refractivity contribution is -0.160. The quantitative estimate of drug-likeness (QED) is 0.409.